The van der Waals surface area contributed by atoms with Gasteiger partial charge in [0.05, 0.1) is 0 Å². The van der Waals surface area contributed by atoms with Crippen LogP contribution in [-0.4, -0.2) is 6.54 Å². The van der Waals surface area contributed by atoms with Crippen LogP contribution in [0.1, 0.15) is 96.4 Å². The van der Waals surface area contributed by atoms with Gasteiger partial charge in [-0.15, -0.1) is 0 Å². The second kappa shape index (κ2) is 759. The van der Waals surface area contributed by atoms with Crippen molar-refractivity contribution in [3.8, 4) is 0 Å². The number of hydrogen-bond acceptors (Lipinski definition) is 1. The van der Waals surface area contributed by atoms with Crippen molar-refractivity contribution >= 4 is 0 Å². The van der Waals surface area contributed by atoms with Crippen LogP contribution in [0.15, 0.2) is 0 Å². The third-order valence-corrected chi connectivity index (χ3v) is 0. The van der Waals surface area contributed by atoms with Gasteiger partial charge in [0.15, 0.2) is 0 Å². The lowest BCUT2D eigenvalue weighted by molar-refractivity contribution is 1.09. The van der Waals surface area contributed by atoms with E-state index in [1.54, 1.807) is 0 Å². The second-order valence-electron chi connectivity index (χ2n) is 1.12. The van der Waals surface area contributed by atoms with Gasteiger partial charge in [-0.3, -0.25) is 0 Å². The molecule has 1 heteroatoms. The smallest absolute Gasteiger partial charge is 0.0106 e. The van der Waals surface area contributed by atoms with E-state index in [0.717, 1.165) is 6.54 Å². The predicted molar refractivity (Wildman–Crippen MR) is 87.4 cm³/mol. The van der Waals surface area contributed by atoms with Gasteiger partial charge in [0.1, 0.15) is 0 Å². The third kappa shape index (κ3) is 1470000. The van der Waals surface area contributed by atoms with Gasteiger partial charge in [-0.2, -0.15) is 0 Å². The first kappa shape index (κ1) is 44.5. The molecule has 0 heterocycles. The molecule has 0 rings (SSSR count). The Labute approximate surface area is 109 Å². The van der Waals surface area contributed by atoms with Crippen molar-refractivity contribution in [3.05, 3.63) is 0 Å². The number of nitrogens with two attached hydrogens (primary N) is 1. The lowest BCUT2D eigenvalue weighted by Crippen LogP contribution is -1.87. The molecule has 0 aliphatic carbocycles. The average molecular weight is 240 g/mol. The molecule has 2 N–H and O–H groups in total. The molecule has 0 unspecified atom stereocenters. The maximum absolute atomic E-state index is 4.85. The Morgan fingerprint density at radius 1 is 0.500 bits per heavy atom. The summed E-state index contributed by atoms with van der Waals surface area (Å²) in [7, 11) is 0. The van der Waals surface area contributed by atoms with Gasteiger partial charge in [-0.1, -0.05) is 96.4 Å². The van der Waals surface area contributed by atoms with E-state index in [4.69, 9.17) is 5.73 Å². The van der Waals surface area contributed by atoms with Crippen LogP contribution < -0.4 is 5.73 Å². The summed E-state index contributed by atoms with van der Waals surface area (Å²) in [5, 5.41) is 0. The molecule has 1 nitrogen and oxygen atoms in total. The van der Waals surface area contributed by atoms with Gasteiger partial charge < -0.3 is 5.73 Å². The predicted octanol–water partition coefficient (Wildman–Crippen LogP) is 6.51. The molecule has 0 aromatic heterocycles. The van der Waals surface area contributed by atoms with Crippen molar-refractivity contribution in [1.29, 1.82) is 0 Å². The monoisotopic (exact) mass is 239 g/mol. The van der Waals surface area contributed by atoms with Crippen LogP contribution in [0.2, 0.25) is 0 Å². The van der Waals surface area contributed by atoms with Crippen LogP contribution in [0.3, 0.4) is 0 Å². The molecule has 0 radical (unpaired) electrons. The highest BCUT2D eigenvalue weighted by molar-refractivity contribution is 4.00. The van der Waals surface area contributed by atoms with Crippen molar-refractivity contribution in [1.82, 2.24) is 0 Å². The molecule has 0 atom stereocenters. The van der Waals surface area contributed by atoms with E-state index in [9.17, 15) is 0 Å². The Bertz CT molecular complexity index is 7.40. The Morgan fingerprint density at radius 3 is 0.500 bits per heavy atom. The van der Waals surface area contributed by atoms with Crippen molar-refractivity contribution in [2.75, 3.05) is 6.54 Å². The third-order valence-electron chi connectivity index (χ3n) is 0. The number of hydrogen-bond donors (Lipinski definition) is 1. The normalized spacial score (nSPS) is 4.12. The van der Waals surface area contributed by atoms with E-state index < -0.39 is 0 Å². The standard InChI is InChI=1S/C3H8.C2H7N.5C2H6/c1-3-2;1-2-3;5*1-2/h3H2,1-2H3;2-3H2,1H3;5*1-2H3. The van der Waals surface area contributed by atoms with Crippen LogP contribution >= 0.6 is 0 Å². The minimum absolute atomic E-state index is 0.750. The molecule has 0 amide bonds. The SMILES string of the molecule is CC.CC.CC.CC.CC.CCC.CCN. The fraction of sp³-hybridized carbons (Fsp3) is 1.00. The Morgan fingerprint density at radius 2 is 0.500 bits per heavy atom. The van der Waals surface area contributed by atoms with Gasteiger partial charge in [0.2, 0.25) is 0 Å². The average Bonchev–Trinajstić information content (AvgIpc) is 2.42. The molecule has 0 fully saturated rings. The number of rotatable bonds is 0. The van der Waals surface area contributed by atoms with Gasteiger partial charge in [-0.05, 0) is 6.54 Å². The van der Waals surface area contributed by atoms with Gasteiger partial charge in [0, 0.05) is 0 Å². The molecule has 110 valence electrons. The summed E-state index contributed by atoms with van der Waals surface area (Å²) >= 11 is 0. The van der Waals surface area contributed by atoms with Gasteiger partial charge in [0.25, 0.3) is 0 Å². The molecule has 0 aromatic rings. The lowest BCUT2D eigenvalue weighted by Gasteiger charge is -1.53. The van der Waals surface area contributed by atoms with E-state index in [-0.39, 0.29) is 0 Å². The van der Waals surface area contributed by atoms with E-state index in [1.165, 1.54) is 6.42 Å². The molecule has 16 heavy (non-hydrogen) atoms. The topological polar surface area (TPSA) is 26.0 Å². The molecule has 0 saturated carbocycles. The van der Waals surface area contributed by atoms with E-state index in [2.05, 4.69) is 13.8 Å². The first-order valence-electron chi connectivity index (χ1n) is 7.53. The zero-order chi connectivity index (χ0) is 15.4. The highest BCUT2D eigenvalue weighted by Crippen LogP contribution is 1.56. The highest BCUT2D eigenvalue weighted by Gasteiger charge is 1.35. The van der Waals surface area contributed by atoms with Gasteiger partial charge >= 0.3 is 0 Å². The first-order valence-corrected chi connectivity index (χ1v) is 7.53. The largest absolute Gasteiger partial charge is 0.331 e. The molecule has 0 aliphatic heterocycles. The zero-order valence-corrected chi connectivity index (χ0v) is 15.0. The Balaban J connectivity index is -0.0000000120. The summed E-state index contributed by atoms with van der Waals surface area (Å²) in [4.78, 5) is 0. The maximum Gasteiger partial charge on any atom is -0.0106 e. The molecular formula is C15H45N. The Kier molecular flexibility index (Phi) is 2110. The molecule has 0 aliphatic rings. The fourth-order valence-electron chi connectivity index (χ4n) is 0. The molecule has 0 saturated heterocycles. The minimum Gasteiger partial charge on any atom is -0.331 e. The van der Waals surface area contributed by atoms with Gasteiger partial charge in [-0.25, -0.2) is 0 Å². The maximum atomic E-state index is 4.85. The molecular weight excluding hydrogens is 194 g/mol. The van der Waals surface area contributed by atoms with Crippen LogP contribution in [0.4, 0.5) is 0 Å². The van der Waals surface area contributed by atoms with Crippen molar-refractivity contribution in [2.24, 2.45) is 5.73 Å². The van der Waals surface area contributed by atoms with Crippen LogP contribution in [0.5, 0.6) is 0 Å². The van der Waals surface area contributed by atoms with Crippen LogP contribution in [0.25, 0.3) is 0 Å². The summed E-state index contributed by atoms with van der Waals surface area (Å²) in [6, 6.07) is 0. The minimum atomic E-state index is 0.750. The first-order chi connectivity index (χ1) is 7.83. The lowest BCUT2D eigenvalue weighted by atomic mass is 10.6. The van der Waals surface area contributed by atoms with E-state index in [1.807, 2.05) is 76.2 Å². The summed E-state index contributed by atoms with van der Waals surface area (Å²) in [6.07, 6.45) is 1.25. The zero-order valence-electron chi connectivity index (χ0n) is 15.0. The summed E-state index contributed by atoms with van der Waals surface area (Å²) in [6.45, 7) is 26.9. The van der Waals surface area contributed by atoms with Crippen LogP contribution in [-0.2, 0) is 0 Å². The molecule has 0 aromatic carbocycles. The second-order valence-corrected chi connectivity index (χ2v) is 1.12. The van der Waals surface area contributed by atoms with E-state index >= 15 is 0 Å². The quantitative estimate of drug-likeness (QED) is 0.512. The molecule has 0 bridgehead atoms. The Hall–Kier alpha value is -0.0400. The van der Waals surface area contributed by atoms with Crippen molar-refractivity contribution < 1.29 is 0 Å². The summed E-state index contributed by atoms with van der Waals surface area (Å²) < 4.78 is 0. The highest BCUT2D eigenvalue weighted by atomic mass is 14.5. The van der Waals surface area contributed by atoms with Crippen LogP contribution in [0, 0.1) is 0 Å². The van der Waals surface area contributed by atoms with Crippen molar-refractivity contribution in [2.45, 2.75) is 96.4 Å². The summed E-state index contributed by atoms with van der Waals surface area (Å²) in [5.74, 6) is 0. The van der Waals surface area contributed by atoms with E-state index in [0.29, 0.717) is 0 Å². The molecule has 0 spiro atoms. The van der Waals surface area contributed by atoms with Crippen molar-refractivity contribution in [3.63, 3.8) is 0 Å². The fourth-order valence-corrected chi connectivity index (χ4v) is 0. The summed E-state index contributed by atoms with van der Waals surface area (Å²) in [5.41, 5.74) is 4.85.